The van der Waals surface area contributed by atoms with Gasteiger partial charge in [-0.2, -0.15) is 0 Å². The van der Waals surface area contributed by atoms with Gasteiger partial charge in [0.25, 0.3) is 0 Å². The van der Waals surface area contributed by atoms with Crippen LogP contribution in [-0.4, -0.2) is 21.8 Å². The molecular formula is C15H13Cl2NO4S. The third-order valence-corrected chi connectivity index (χ3v) is 5.40. The maximum Gasteiger partial charge on any atom is 0.240 e. The first-order valence-electron chi connectivity index (χ1n) is 6.79. The topological polar surface area (TPSA) is 64.6 Å². The highest BCUT2D eigenvalue weighted by Gasteiger charge is 2.20. The molecule has 1 aliphatic rings. The van der Waals surface area contributed by atoms with Crippen LogP contribution in [0.25, 0.3) is 0 Å². The molecule has 0 saturated heterocycles. The number of rotatable bonds is 5. The van der Waals surface area contributed by atoms with E-state index in [1.807, 2.05) is 0 Å². The van der Waals surface area contributed by atoms with Crippen molar-refractivity contribution < 1.29 is 17.9 Å². The molecule has 1 heterocycles. The Morgan fingerprint density at radius 1 is 1.04 bits per heavy atom. The van der Waals surface area contributed by atoms with Crippen LogP contribution in [0, 0.1) is 0 Å². The number of halogens is 2. The molecule has 8 heteroatoms. The molecule has 122 valence electrons. The van der Waals surface area contributed by atoms with Crippen LogP contribution in [0.15, 0.2) is 41.3 Å². The number of ether oxygens (including phenoxy) is 2. The maximum atomic E-state index is 12.3. The predicted molar refractivity (Wildman–Crippen MR) is 87.9 cm³/mol. The van der Waals surface area contributed by atoms with Crippen molar-refractivity contribution in [2.24, 2.45) is 0 Å². The number of hydrogen-bond donors (Lipinski definition) is 1. The Kier molecular flexibility index (Phi) is 4.68. The molecule has 0 atom stereocenters. The van der Waals surface area contributed by atoms with Crippen molar-refractivity contribution in [3.05, 3.63) is 52.0 Å². The van der Waals surface area contributed by atoms with E-state index in [-0.39, 0.29) is 18.2 Å². The van der Waals surface area contributed by atoms with Gasteiger partial charge in [0, 0.05) is 22.7 Å². The fourth-order valence-electron chi connectivity index (χ4n) is 2.17. The quantitative estimate of drug-likeness (QED) is 0.873. The summed E-state index contributed by atoms with van der Waals surface area (Å²) in [7, 11) is -3.63. The zero-order valence-corrected chi connectivity index (χ0v) is 14.2. The highest BCUT2D eigenvalue weighted by Crippen LogP contribution is 2.33. The van der Waals surface area contributed by atoms with E-state index in [1.54, 1.807) is 24.3 Å². The van der Waals surface area contributed by atoms with Gasteiger partial charge in [0.05, 0.1) is 4.90 Å². The summed E-state index contributed by atoms with van der Waals surface area (Å²) in [6.45, 7) is 0.319. The van der Waals surface area contributed by atoms with Crippen LogP contribution >= 0.6 is 23.2 Å². The van der Waals surface area contributed by atoms with Crippen LogP contribution in [0.5, 0.6) is 11.5 Å². The first-order chi connectivity index (χ1) is 11.0. The summed E-state index contributed by atoms with van der Waals surface area (Å²) in [6, 6.07) is 9.62. The van der Waals surface area contributed by atoms with Crippen LogP contribution in [0.1, 0.15) is 5.56 Å². The highest BCUT2D eigenvalue weighted by atomic mass is 35.5. The lowest BCUT2D eigenvalue weighted by Gasteiger charge is -2.08. The van der Waals surface area contributed by atoms with Gasteiger partial charge in [-0.05, 0) is 36.2 Å². The molecule has 0 spiro atoms. The second-order valence-electron chi connectivity index (χ2n) is 4.90. The number of benzene rings is 2. The zero-order valence-electron chi connectivity index (χ0n) is 11.9. The lowest BCUT2D eigenvalue weighted by Crippen LogP contribution is -2.26. The molecule has 0 saturated carbocycles. The molecular weight excluding hydrogens is 361 g/mol. The monoisotopic (exact) mass is 373 g/mol. The number of hydrogen-bond acceptors (Lipinski definition) is 4. The summed E-state index contributed by atoms with van der Waals surface area (Å²) in [5.41, 5.74) is 0.824. The molecule has 5 nitrogen and oxygen atoms in total. The van der Waals surface area contributed by atoms with Gasteiger partial charge in [-0.1, -0.05) is 29.3 Å². The van der Waals surface area contributed by atoms with E-state index < -0.39 is 10.0 Å². The van der Waals surface area contributed by atoms with E-state index in [1.165, 1.54) is 12.1 Å². The molecule has 1 aliphatic heterocycles. The average Bonchev–Trinajstić information content (AvgIpc) is 2.97. The Morgan fingerprint density at radius 2 is 1.83 bits per heavy atom. The Hall–Kier alpha value is -1.47. The molecule has 1 N–H and O–H groups in total. The Balaban J connectivity index is 1.67. The lowest BCUT2D eigenvalue weighted by molar-refractivity contribution is 0.174. The maximum absolute atomic E-state index is 12.3. The van der Waals surface area contributed by atoms with E-state index in [4.69, 9.17) is 32.7 Å². The Morgan fingerprint density at radius 3 is 2.61 bits per heavy atom. The van der Waals surface area contributed by atoms with Gasteiger partial charge in [-0.25, -0.2) is 13.1 Å². The van der Waals surface area contributed by atoms with E-state index in [9.17, 15) is 8.42 Å². The molecule has 2 aromatic carbocycles. The van der Waals surface area contributed by atoms with Gasteiger partial charge in [0.2, 0.25) is 16.8 Å². The molecule has 0 bridgehead atoms. The number of nitrogens with one attached hydrogen (secondary N) is 1. The number of sulfonamides is 1. The fraction of sp³-hybridized carbons (Fsp3) is 0.200. The van der Waals surface area contributed by atoms with Crippen molar-refractivity contribution in [2.75, 3.05) is 13.3 Å². The lowest BCUT2D eigenvalue weighted by atomic mass is 10.1. The average molecular weight is 374 g/mol. The smallest absolute Gasteiger partial charge is 0.240 e. The van der Waals surface area contributed by atoms with Gasteiger partial charge in [-0.3, -0.25) is 0 Å². The molecule has 23 heavy (non-hydrogen) atoms. The van der Waals surface area contributed by atoms with Crippen LogP contribution in [0.2, 0.25) is 10.0 Å². The summed E-state index contributed by atoms with van der Waals surface area (Å²) >= 11 is 11.9. The zero-order chi connectivity index (χ0) is 16.4. The SMILES string of the molecule is O=S(=O)(NCCc1ccc(Cl)cc1Cl)c1ccc2c(c1)OCO2. The van der Waals surface area contributed by atoms with E-state index in [2.05, 4.69) is 4.72 Å². The molecule has 0 amide bonds. The van der Waals surface area contributed by atoms with Crippen LogP contribution in [-0.2, 0) is 16.4 Å². The highest BCUT2D eigenvalue weighted by molar-refractivity contribution is 7.89. The van der Waals surface area contributed by atoms with Crippen molar-refractivity contribution in [3.63, 3.8) is 0 Å². The predicted octanol–water partition coefficient (Wildman–Crippen LogP) is 3.24. The molecule has 0 fully saturated rings. The Labute approximate surface area is 144 Å². The molecule has 3 rings (SSSR count). The molecule has 0 aliphatic carbocycles. The third kappa shape index (κ3) is 3.72. The first-order valence-corrected chi connectivity index (χ1v) is 9.03. The Bertz CT molecular complexity index is 839. The second-order valence-corrected chi connectivity index (χ2v) is 7.51. The van der Waals surface area contributed by atoms with Crippen molar-refractivity contribution >= 4 is 33.2 Å². The van der Waals surface area contributed by atoms with Crippen molar-refractivity contribution in [2.45, 2.75) is 11.3 Å². The standard InChI is InChI=1S/C15H13Cl2NO4S/c16-11-2-1-10(13(17)7-11)5-6-18-23(19,20)12-3-4-14-15(8-12)22-9-21-14/h1-4,7-8,18H,5-6,9H2. The minimum Gasteiger partial charge on any atom is -0.454 e. The van der Waals surface area contributed by atoms with Crippen LogP contribution in [0.3, 0.4) is 0 Å². The van der Waals surface area contributed by atoms with Crippen molar-refractivity contribution in [3.8, 4) is 11.5 Å². The van der Waals surface area contributed by atoms with Crippen molar-refractivity contribution in [1.82, 2.24) is 4.72 Å². The normalized spacial score (nSPS) is 13.3. The van der Waals surface area contributed by atoms with Gasteiger partial charge in [0.15, 0.2) is 11.5 Å². The van der Waals surface area contributed by atoms with Gasteiger partial charge < -0.3 is 9.47 Å². The fourth-order valence-corrected chi connectivity index (χ4v) is 3.72. The molecule has 0 radical (unpaired) electrons. The van der Waals surface area contributed by atoms with Crippen molar-refractivity contribution in [1.29, 1.82) is 0 Å². The van der Waals surface area contributed by atoms with Gasteiger partial charge in [0.1, 0.15) is 0 Å². The minimum atomic E-state index is -3.63. The summed E-state index contributed by atoms with van der Waals surface area (Å²) in [4.78, 5) is 0.129. The third-order valence-electron chi connectivity index (χ3n) is 3.36. The number of fused-ring (bicyclic) bond motifs is 1. The van der Waals surface area contributed by atoms with Crippen LogP contribution in [0.4, 0.5) is 0 Å². The van der Waals surface area contributed by atoms with Gasteiger partial charge in [-0.15, -0.1) is 0 Å². The molecule has 0 unspecified atom stereocenters. The van der Waals surface area contributed by atoms with E-state index >= 15 is 0 Å². The largest absolute Gasteiger partial charge is 0.454 e. The minimum absolute atomic E-state index is 0.0985. The molecule has 2 aromatic rings. The summed E-state index contributed by atoms with van der Waals surface area (Å²) < 4.78 is 37.5. The second kappa shape index (κ2) is 6.57. The van der Waals surface area contributed by atoms with E-state index in [0.717, 1.165) is 5.56 Å². The summed E-state index contributed by atoms with van der Waals surface area (Å²) in [6.07, 6.45) is 0.458. The first kappa shape index (κ1) is 16.4. The summed E-state index contributed by atoms with van der Waals surface area (Å²) in [5.74, 6) is 0.963. The van der Waals surface area contributed by atoms with E-state index in [0.29, 0.717) is 28.0 Å². The molecule has 0 aromatic heterocycles. The van der Waals surface area contributed by atoms with Gasteiger partial charge >= 0.3 is 0 Å². The summed E-state index contributed by atoms with van der Waals surface area (Å²) in [5, 5.41) is 1.06. The van der Waals surface area contributed by atoms with Crippen LogP contribution < -0.4 is 14.2 Å².